The van der Waals surface area contributed by atoms with Crippen LogP contribution in [0.15, 0.2) is 0 Å². The minimum atomic E-state index is -4.59. The summed E-state index contributed by atoms with van der Waals surface area (Å²) in [7, 11) is -7.91. The third-order valence-corrected chi connectivity index (χ3v) is 5.76. The second-order valence-electron chi connectivity index (χ2n) is 3.54. The fourth-order valence-electron chi connectivity index (χ4n) is 1.26. The van der Waals surface area contributed by atoms with E-state index in [2.05, 4.69) is 0 Å². The van der Waals surface area contributed by atoms with Crippen molar-refractivity contribution >= 4 is 15.6 Å². The van der Waals surface area contributed by atoms with Crippen LogP contribution in [0.1, 0.15) is 25.7 Å². The molecular formula is C7H18O7P2. The monoisotopic (exact) mass is 276 g/mol. The third kappa shape index (κ3) is 6.76. The normalized spacial score (nSPS) is 18.1. The van der Waals surface area contributed by atoms with Crippen LogP contribution in [0, 0.1) is 0 Å². The van der Waals surface area contributed by atoms with Crippen molar-refractivity contribution in [3.63, 3.8) is 0 Å². The Bertz CT molecular complexity index is 263. The summed E-state index contributed by atoms with van der Waals surface area (Å²) >= 11 is 0. The maximum absolute atomic E-state index is 10.8. The first-order chi connectivity index (χ1) is 7.29. The second kappa shape index (κ2) is 7.56. The van der Waals surface area contributed by atoms with Crippen molar-refractivity contribution in [2.75, 3.05) is 6.61 Å². The van der Waals surface area contributed by atoms with E-state index in [9.17, 15) is 14.2 Å². The highest BCUT2D eigenvalue weighted by molar-refractivity contribution is 7.65. The van der Waals surface area contributed by atoms with Gasteiger partial charge in [-0.1, -0.05) is 0 Å². The lowest BCUT2D eigenvalue weighted by molar-refractivity contribution is 0.139. The summed E-state index contributed by atoms with van der Waals surface area (Å²) in [5, 5.41) is 16.2. The molecule has 0 rings (SSSR count). The Morgan fingerprint density at radius 1 is 1.19 bits per heavy atom. The summed E-state index contributed by atoms with van der Waals surface area (Å²) in [5.41, 5.74) is 0. The first-order valence-electron chi connectivity index (χ1n) is 4.86. The van der Waals surface area contributed by atoms with Crippen molar-refractivity contribution in [2.45, 2.75) is 37.2 Å². The molecule has 0 aliphatic carbocycles. The molecule has 0 aromatic carbocycles. The zero-order valence-electron chi connectivity index (χ0n) is 8.69. The number of hydrogen-bond acceptors (Lipinski definition) is 4. The molecule has 0 fully saturated rings. The van der Waals surface area contributed by atoms with Crippen molar-refractivity contribution in [1.82, 2.24) is 0 Å². The molecular weight excluding hydrogens is 258 g/mol. The Kier molecular flexibility index (Phi) is 7.68. The molecule has 0 amide bonds. The van der Waals surface area contributed by atoms with Crippen LogP contribution in [-0.4, -0.2) is 43.0 Å². The van der Waals surface area contributed by atoms with Gasteiger partial charge in [-0.15, -0.1) is 0 Å². The molecule has 7 nitrogen and oxygen atoms in total. The van der Waals surface area contributed by atoms with E-state index >= 15 is 0 Å². The molecule has 9 heteroatoms. The van der Waals surface area contributed by atoms with E-state index in [0.717, 1.165) is 0 Å². The van der Waals surface area contributed by atoms with E-state index in [0.29, 0.717) is 12.8 Å². The quantitative estimate of drug-likeness (QED) is 0.389. The topological polar surface area (TPSA) is 135 Å². The lowest BCUT2D eigenvalue weighted by Gasteiger charge is -2.17. The molecule has 0 aliphatic rings. The third-order valence-electron chi connectivity index (χ3n) is 2.16. The Balaban J connectivity index is 4.14. The lowest BCUT2D eigenvalue weighted by Crippen LogP contribution is -2.12. The highest BCUT2D eigenvalue weighted by atomic mass is 31.2. The van der Waals surface area contributed by atoms with Gasteiger partial charge in [0, 0.05) is 6.61 Å². The average Bonchev–Trinajstić information content (AvgIpc) is 2.12. The van der Waals surface area contributed by atoms with Gasteiger partial charge >= 0.3 is 7.60 Å². The molecule has 5 N–H and O–H groups in total. The number of aliphatic hydroxyl groups excluding tert-OH is 2. The number of rotatable bonds is 8. The smallest absolute Gasteiger partial charge is 0.337 e. The SMILES string of the molecule is O=[PH](O)C(CCC(O)CCCO)P(=O)(O)O. The van der Waals surface area contributed by atoms with Crippen LogP contribution < -0.4 is 0 Å². The van der Waals surface area contributed by atoms with Gasteiger partial charge in [-0.05, 0) is 25.7 Å². The van der Waals surface area contributed by atoms with Crippen molar-refractivity contribution in [3.05, 3.63) is 0 Å². The molecule has 0 aromatic rings. The van der Waals surface area contributed by atoms with Gasteiger partial charge in [0.2, 0.25) is 8.03 Å². The number of aliphatic hydroxyl groups is 2. The van der Waals surface area contributed by atoms with Gasteiger partial charge in [-0.25, -0.2) is 0 Å². The molecule has 0 spiro atoms. The Hall–Kier alpha value is 0.260. The second-order valence-corrected chi connectivity index (χ2v) is 7.20. The summed E-state index contributed by atoms with van der Waals surface area (Å²) in [4.78, 5) is 26.4. The minimum absolute atomic E-state index is 0.0345. The van der Waals surface area contributed by atoms with E-state index in [4.69, 9.17) is 19.8 Å². The summed E-state index contributed by atoms with van der Waals surface area (Å²) in [6, 6.07) is 0. The van der Waals surface area contributed by atoms with E-state index in [-0.39, 0.29) is 19.4 Å². The fourth-order valence-corrected chi connectivity index (χ4v) is 3.31. The maximum atomic E-state index is 10.8. The Labute approximate surface area is 94.2 Å². The molecule has 0 aromatic heterocycles. The summed E-state index contributed by atoms with van der Waals surface area (Å²) in [5.74, 6) is 0. The minimum Gasteiger partial charge on any atom is -0.396 e. The molecule has 0 bridgehead atoms. The molecule has 16 heavy (non-hydrogen) atoms. The molecule has 0 radical (unpaired) electrons. The van der Waals surface area contributed by atoms with Gasteiger partial charge in [0.05, 0.1) is 6.10 Å². The molecule has 0 aliphatic heterocycles. The zero-order chi connectivity index (χ0) is 12.8. The van der Waals surface area contributed by atoms with Crippen LogP contribution in [0.25, 0.3) is 0 Å². The van der Waals surface area contributed by atoms with Gasteiger partial charge in [0.25, 0.3) is 0 Å². The predicted octanol–water partition coefficient (Wildman–Crippen LogP) is -0.129. The standard InChI is InChI=1S/C7H18O7P2/c8-5-1-2-6(9)3-4-7(15(10)11)16(12,13)14/h6-9,15H,1-5H2,(H,10,11)(H2,12,13,14). The molecule has 0 saturated carbocycles. The highest BCUT2D eigenvalue weighted by Gasteiger charge is 2.33. The summed E-state index contributed by atoms with van der Waals surface area (Å²) in [6.07, 6.45) is -0.299. The van der Waals surface area contributed by atoms with Crippen LogP contribution in [0.3, 0.4) is 0 Å². The lowest BCUT2D eigenvalue weighted by atomic mass is 10.1. The number of hydrogen-bond donors (Lipinski definition) is 5. The van der Waals surface area contributed by atoms with Crippen molar-refractivity contribution in [1.29, 1.82) is 0 Å². The zero-order valence-corrected chi connectivity index (χ0v) is 10.6. The van der Waals surface area contributed by atoms with Crippen molar-refractivity contribution in [2.24, 2.45) is 0 Å². The van der Waals surface area contributed by atoms with Crippen LogP contribution in [0.5, 0.6) is 0 Å². The van der Waals surface area contributed by atoms with E-state index in [1.54, 1.807) is 0 Å². The van der Waals surface area contributed by atoms with Gasteiger partial charge in [-0.3, -0.25) is 9.13 Å². The van der Waals surface area contributed by atoms with Crippen molar-refractivity contribution < 1.29 is 34.0 Å². The highest BCUT2D eigenvalue weighted by Crippen LogP contribution is 2.53. The van der Waals surface area contributed by atoms with Gasteiger partial charge in [-0.2, -0.15) is 0 Å². The maximum Gasteiger partial charge on any atom is 0.337 e. The first-order valence-corrected chi connectivity index (χ1v) is 7.97. The molecule has 0 saturated heterocycles. The van der Waals surface area contributed by atoms with Crippen LogP contribution in [0.4, 0.5) is 0 Å². The van der Waals surface area contributed by atoms with Crippen LogP contribution in [-0.2, 0) is 9.13 Å². The molecule has 0 heterocycles. The largest absolute Gasteiger partial charge is 0.396 e. The van der Waals surface area contributed by atoms with Gasteiger partial charge in [0.15, 0.2) is 0 Å². The molecule has 3 unspecified atom stereocenters. The average molecular weight is 276 g/mol. The van der Waals surface area contributed by atoms with Crippen LogP contribution >= 0.6 is 15.6 Å². The Morgan fingerprint density at radius 3 is 2.12 bits per heavy atom. The molecule has 98 valence electrons. The summed E-state index contributed by atoms with van der Waals surface area (Å²) < 4.78 is 21.6. The Morgan fingerprint density at radius 2 is 1.75 bits per heavy atom. The first kappa shape index (κ1) is 16.3. The predicted molar refractivity (Wildman–Crippen MR) is 58.6 cm³/mol. The van der Waals surface area contributed by atoms with Crippen molar-refractivity contribution in [3.8, 4) is 0 Å². The van der Waals surface area contributed by atoms with E-state index in [1.165, 1.54) is 0 Å². The van der Waals surface area contributed by atoms with Gasteiger partial charge in [0.1, 0.15) is 5.40 Å². The summed E-state index contributed by atoms with van der Waals surface area (Å²) in [6.45, 7) is -0.0738. The molecule has 3 atom stereocenters. The fraction of sp³-hybridized carbons (Fsp3) is 1.00. The van der Waals surface area contributed by atoms with E-state index < -0.39 is 27.1 Å². The van der Waals surface area contributed by atoms with Gasteiger partial charge < -0.3 is 24.9 Å². The van der Waals surface area contributed by atoms with E-state index in [1.807, 2.05) is 0 Å². The van der Waals surface area contributed by atoms with Crippen LogP contribution in [0.2, 0.25) is 0 Å².